The molecule has 0 saturated carbocycles. The number of carbonyl (C=O) groups is 1. The van der Waals surface area contributed by atoms with Crippen LogP contribution < -0.4 is 15.5 Å². The summed E-state index contributed by atoms with van der Waals surface area (Å²) in [7, 11) is 1.63. The van der Waals surface area contributed by atoms with Gasteiger partial charge in [-0.15, -0.1) is 0 Å². The van der Waals surface area contributed by atoms with Crippen molar-refractivity contribution in [3.63, 3.8) is 0 Å². The lowest BCUT2D eigenvalue weighted by atomic mass is 10.0. The average Bonchev–Trinajstić information content (AvgIpc) is 2.85. The fourth-order valence-corrected chi connectivity index (χ4v) is 4.45. The van der Waals surface area contributed by atoms with E-state index in [0.717, 1.165) is 37.2 Å². The summed E-state index contributed by atoms with van der Waals surface area (Å²) in [6, 6.07) is 15.1. The van der Waals surface area contributed by atoms with Crippen LogP contribution in [0.5, 0.6) is 5.75 Å². The minimum Gasteiger partial charge on any atom is -0.496 e. The number of aromatic nitrogens is 2. The van der Waals surface area contributed by atoms with Gasteiger partial charge in [0.15, 0.2) is 5.69 Å². The Morgan fingerprint density at radius 2 is 1.82 bits per heavy atom. The first-order valence-corrected chi connectivity index (χ1v) is 11.5. The van der Waals surface area contributed by atoms with Gasteiger partial charge in [-0.05, 0) is 51.1 Å². The summed E-state index contributed by atoms with van der Waals surface area (Å²) in [6.07, 6.45) is 3.36. The highest BCUT2D eigenvalue weighted by atomic mass is 19.1. The normalized spacial score (nSPS) is 15.0. The van der Waals surface area contributed by atoms with Crippen LogP contribution in [0.4, 0.5) is 4.39 Å². The number of likely N-dealkylation sites (tertiary alicyclic amines) is 1. The van der Waals surface area contributed by atoms with Crippen molar-refractivity contribution in [3.05, 3.63) is 87.6 Å². The van der Waals surface area contributed by atoms with E-state index in [9.17, 15) is 14.0 Å². The molecule has 1 aliphatic rings. The number of methoxy groups -OCH3 is 1. The lowest BCUT2D eigenvalue weighted by Gasteiger charge is -2.35. The molecule has 7 nitrogen and oxygen atoms in total. The first-order chi connectivity index (χ1) is 16.5. The zero-order chi connectivity index (χ0) is 24.1. The Hall–Kier alpha value is -3.52. The number of rotatable bonds is 7. The van der Waals surface area contributed by atoms with Gasteiger partial charge in [0, 0.05) is 23.9 Å². The molecule has 1 aromatic heterocycles. The highest BCUT2D eigenvalue weighted by Gasteiger charge is 2.26. The number of amides is 1. The average molecular weight is 465 g/mol. The maximum Gasteiger partial charge on any atom is 0.275 e. The van der Waals surface area contributed by atoms with Gasteiger partial charge in [-0.1, -0.05) is 36.8 Å². The van der Waals surface area contributed by atoms with Gasteiger partial charge in [0.1, 0.15) is 17.3 Å². The van der Waals surface area contributed by atoms with E-state index >= 15 is 0 Å². The molecule has 34 heavy (non-hydrogen) atoms. The standard InChI is InChI=1S/C26H29FN4O3/c1-18-16-23(32)25(29-31(18)21-12-6-5-11-20(21)27)26(33)28-17-22(30-14-8-3-9-15-30)19-10-4-7-13-24(19)34-2/h4-7,10-13,16,22H,3,8-9,14-15,17H2,1-2H3,(H,28,33). The SMILES string of the molecule is COc1ccccc1C(CNC(=O)c1nn(-c2ccccc2F)c(C)cc1=O)N1CCCCC1. The van der Waals surface area contributed by atoms with Crippen LogP contribution in [0.3, 0.4) is 0 Å². The molecule has 3 aromatic rings. The molecule has 8 heteroatoms. The van der Waals surface area contributed by atoms with Crippen molar-refractivity contribution < 1.29 is 13.9 Å². The zero-order valence-corrected chi connectivity index (χ0v) is 19.5. The number of carbonyl (C=O) groups excluding carboxylic acids is 1. The van der Waals surface area contributed by atoms with Crippen molar-refractivity contribution in [1.82, 2.24) is 20.0 Å². The van der Waals surface area contributed by atoms with Crippen molar-refractivity contribution in [3.8, 4) is 11.4 Å². The van der Waals surface area contributed by atoms with Gasteiger partial charge < -0.3 is 10.1 Å². The Morgan fingerprint density at radius 1 is 1.12 bits per heavy atom. The number of hydrogen-bond donors (Lipinski definition) is 1. The first-order valence-electron chi connectivity index (χ1n) is 11.5. The van der Waals surface area contributed by atoms with Gasteiger partial charge in [0.25, 0.3) is 5.91 Å². The van der Waals surface area contributed by atoms with E-state index in [1.54, 1.807) is 32.2 Å². The van der Waals surface area contributed by atoms with E-state index < -0.39 is 17.2 Å². The van der Waals surface area contributed by atoms with Crippen LogP contribution in [0.25, 0.3) is 5.69 Å². The van der Waals surface area contributed by atoms with E-state index in [0.29, 0.717) is 5.69 Å². The summed E-state index contributed by atoms with van der Waals surface area (Å²) in [5.74, 6) is -0.330. The number of aryl methyl sites for hydroxylation is 1. The number of nitrogens with zero attached hydrogens (tertiary/aromatic N) is 3. The summed E-state index contributed by atoms with van der Waals surface area (Å²) >= 11 is 0. The molecule has 1 N–H and O–H groups in total. The Morgan fingerprint density at radius 3 is 2.56 bits per heavy atom. The number of nitrogens with one attached hydrogen (secondary N) is 1. The van der Waals surface area contributed by atoms with Crippen molar-refractivity contribution in [2.24, 2.45) is 0 Å². The van der Waals surface area contributed by atoms with Gasteiger partial charge in [0.2, 0.25) is 5.43 Å². The van der Waals surface area contributed by atoms with Gasteiger partial charge in [-0.25, -0.2) is 9.07 Å². The van der Waals surface area contributed by atoms with Crippen molar-refractivity contribution in [2.45, 2.75) is 32.2 Å². The molecule has 1 fully saturated rings. The van der Waals surface area contributed by atoms with Crippen LogP contribution in [-0.4, -0.2) is 47.3 Å². The largest absolute Gasteiger partial charge is 0.496 e. The third-order valence-electron chi connectivity index (χ3n) is 6.19. The summed E-state index contributed by atoms with van der Waals surface area (Å²) in [6.45, 7) is 3.77. The van der Waals surface area contributed by atoms with E-state index in [4.69, 9.17) is 4.74 Å². The monoisotopic (exact) mass is 464 g/mol. The molecule has 178 valence electrons. The number of ether oxygens (including phenoxy) is 1. The van der Waals surface area contributed by atoms with Gasteiger partial charge >= 0.3 is 0 Å². The third-order valence-corrected chi connectivity index (χ3v) is 6.19. The molecule has 1 aliphatic heterocycles. The van der Waals surface area contributed by atoms with E-state index in [1.807, 2.05) is 24.3 Å². The van der Waals surface area contributed by atoms with Crippen LogP contribution in [0, 0.1) is 12.7 Å². The maximum absolute atomic E-state index is 14.4. The van der Waals surface area contributed by atoms with Gasteiger partial charge in [-0.2, -0.15) is 5.10 Å². The molecular weight excluding hydrogens is 435 g/mol. The molecule has 0 bridgehead atoms. The molecule has 4 rings (SSSR count). The second-order valence-electron chi connectivity index (χ2n) is 8.43. The zero-order valence-electron chi connectivity index (χ0n) is 19.5. The highest BCUT2D eigenvalue weighted by Crippen LogP contribution is 2.31. The smallest absolute Gasteiger partial charge is 0.275 e. The summed E-state index contributed by atoms with van der Waals surface area (Å²) in [5, 5.41) is 7.11. The Kier molecular flexibility index (Phi) is 7.37. The molecule has 1 saturated heterocycles. The minimum absolute atomic E-state index is 0.111. The molecule has 0 aliphatic carbocycles. The van der Waals surface area contributed by atoms with Crippen LogP contribution in [-0.2, 0) is 0 Å². The maximum atomic E-state index is 14.4. The first kappa shape index (κ1) is 23.6. The molecule has 1 atom stereocenters. The third kappa shape index (κ3) is 5.02. The molecule has 0 spiro atoms. The molecule has 2 aromatic carbocycles. The number of para-hydroxylation sites is 2. The molecule has 2 heterocycles. The predicted octanol–water partition coefficient (Wildman–Crippen LogP) is 3.65. The predicted molar refractivity (Wildman–Crippen MR) is 128 cm³/mol. The van der Waals surface area contributed by atoms with Gasteiger partial charge in [-0.3, -0.25) is 14.5 Å². The summed E-state index contributed by atoms with van der Waals surface area (Å²) < 4.78 is 21.2. The molecule has 1 unspecified atom stereocenters. The van der Waals surface area contributed by atoms with Crippen molar-refractivity contribution >= 4 is 5.91 Å². The van der Waals surface area contributed by atoms with E-state index in [1.165, 1.54) is 23.2 Å². The molecule has 1 amide bonds. The number of hydrogen-bond acceptors (Lipinski definition) is 5. The van der Waals surface area contributed by atoms with Crippen molar-refractivity contribution in [1.29, 1.82) is 0 Å². The van der Waals surface area contributed by atoms with E-state index in [2.05, 4.69) is 15.3 Å². The quantitative estimate of drug-likeness (QED) is 0.578. The topological polar surface area (TPSA) is 76.5 Å². The van der Waals surface area contributed by atoms with Crippen molar-refractivity contribution in [2.75, 3.05) is 26.7 Å². The number of piperidine rings is 1. The lowest BCUT2D eigenvalue weighted by Crippen LogP contribution is -2.42. The summed E-state index contributed by atoms with van der Waals surface area (Å²) in [4.78, 5) is 28.0. The minimum atomic E-state index is -0.591. The van der Waals surface area contributed by atoms with Crippen LogP contribution in [0.1, 0.15) is 47.1 Å². The fourth-order valence-electron chi connectivity index (χ4n) is 4.45. The second-order valence-corrected chi connectivity index (χ2v) is 8.43. The van der Waals surface area contributed by atoms with Gasteiger partial charge in [0.05, 0.1) is 13.2 Å². The lowest BCUT2D eigenvalue weighted by molar-refractivity contribution is 0.0915. The number of halogens is 1. The summed E-state index contributed by atoms with van der Waals surface area (Å²) in [5.41, 5.74) is 0.814. The second kappa shape index (κ2) is 10.6. The van der Waals surface area contributed by atoms with Crippen LogP contribution in [0.15, 0.2) is 59.4 Å². The molecular formula is C26H29FN4O3. The Labute approximate surface area is 198 Å². The fraction of sp³-hybridized carbons (Fsp3) is 0.346. The number of benzene rings is 2. The Bertz CT molecular complexity index is 1220. The van der Waals surface area contributed by atoms with Crippen LogP contribution in [0.2, 0.25) is 0 Å². The highest BCUT2D eigenvalue weighted by molar-refractivity contribution is 5.92. The Balaban J connectivity index is 1.61. The van der Waals surface area contributed by atoms with Crippen LogP contribution >= 0.6 is 0 Å². The van der Waals surface area contributed by atoms with E-state index in [-0.39, 0.29) is 24.0 Å². The molecule has 0 radical (unpaired) electrons.